The molecular weight excluding hydrogens is 240 g/mol. The molecular formula is C20H34. The molecule has 0 radical (unpaired) electrons. The van der Waals surface area contributed by atoms with Crippen LogP contribution < -0.4 is 0 Å². The second-order valence-corrected chi connectivity index (χ2v) is 6.46. The van der Waals surface area contributed by atoms with E-state index in [4.69, 9.17) is 0 Å². The lowest BCUT2D eigenvalue weighted by atomic mass is 9.89. The van der Waals surface area contributed by atoms with Crippen molar-refractivity contribution in [3.05, 3.63) is 35.4 Å². The van der Waals surface area contributed by atoms with Gasteiger partial charge in [0, 0.05) is 0 Å². The van der Waals surface area contributed by atoms with E-state index in [0.29, 0.717) is 11.8 Å². The maximum atomic E-state index is 2.47. The van der Waals surface area contributed by atoms with E-state index in [2.05, 4.69) is 52.0 Å². The van der Waals surface area contributed by atoms with Gasteiger partial charge in [0.25, 0.3) is 0 Å². The van der Waals surface area contributed by atoms with Gasteiger partial charge in [0.05, 0.1) is 0 Å². The lowest BCUT2D eigenvalue weighted by Gasteiger charge is -2.16. The van der Waals surface area contributed by atoms with Gasteiger partial charge in [-0.2, -0.15) is 0 Å². The Kier molecular flexibility index (Phi) is 8.65. The molecule has 1 rings (SSSR count). The molecule has 0 heterocycles. The summed E-state index contributed by atoms with van der Waals surface area (Å²) in [5.74, 6) is 1.42. The van der Waals surface area contributed by atoms with Crippen LogP contribution >= 0.6 is 0 Å². The zero-order valence-electron chi connectivity index (χ0n) is 14.1. The topological polar surface area (TPSA) is 0 Å². The third-order valence-electron chi connectivity index (χ3n) is 4.53. The summed E-state index contributed by atoms with van der Waals surface area (Å²) >= 11 is 0. The first-order valence-corrected chi connectivity index (χ1v) is 8.78. The van der Waals surface area contributed by atoms with Gasteiger partial charge >= 0.3 is 0 Å². The minimum atomic E-state index is 0.712. The van der Waals surface area contributed by atoms with Crippen LogP contribution in [0.4, 0.5) is 0 Å². The van der Waals surface area contributed by atoms with Gasteiger partial charge in [-0.05, 0) is 35.8 Å². The van der Waals surface area contributed by atoms with Crippen molar-refractivity contribution in [3.8, 4) is 0 Å². The molecule has 0 aliphatic carbocycles. The first-order chi connectivity index (χ1) is 9.69. The molecule has 0 saturated heterocycles. The standard InChI is InChI=1S/C20H34/c1-5-7-9-12-17(3)19-14-11-15-20(16-19)18(4)13-10-8-6-2/h11,14-18H,5-10,12-13H2,1-4H3. The van der Waals surface area contributed by atoms with Crippen molar-refractivity contribution in [1.82, 2.24) is 0 Å². The Hall–Kier alpha value is -0.780. The van der Waals surface area contributed by atoms with E-state index in [1.165, 1.54) is 51.4 Å². The molecule has 1 aromatic rings. The van der Waals surface area contributed by atoms with E-state index >= 15 is 0 Å². The molecule has 0 fully saturated rings. The van der Waals surface area contributed by atoms with E-state index < -0.39 is 0 Å². The van der Waals surface area contributed by atoms with Gasteiger partial charge in [-0.25, -0.2) is 0 Å². The van der Waals surface area contributed by atoms with Crippen molar-refractivity contribution >= 4 is 0 Å². The second-order valence-electron chi connectivity index (χ2n) is 6.46. The first kappa shape index (κ1) is 17.3. The van der Waals surface area contributed by atoms with Gasteiger partial charge in [0.15, 0.2) is 0 Å². The van der Waals surface area contributed by atoms with Gasteiger partial charge in [-0.3, -0.25) is 0 Å². The minimum Gasteiger partial charge on any atom is -0.0654 e. The molecule has 0 aliphatic rings. The van der Waals surface area contributed by atoms with Crippen molar-refractivity contribution in [2.75, 3.05) is 0 Å². The summed E-state index contributed by atoms with van der Waals surface area (Å²) in [5.41, 5.74) is 3.09. The molecule has 20 heavy (non-hydrogen) atoms. The summed E-state index contributed by atoms with van der Waals surface area (Å²) in [5, 5.41) is 0. The van der Waals surface area contributed by atoms with Crippen molar-refractivity contribution in [1.29, 1.82) is 0 Å². The smallest absolute Gasteiger partial charge is 0.0190 e. The zero-order chi connectivity index (χ0) is 14.8. The average Bonchev–Trinajstić information content (AvgIpc) is 2.47. The van der Waals surface area contributed by atoms with Crippen LogP contribution in [0.15, 0.2) is 24.3 Å². The highest BCUT2D eigenvalue weighted by Crippen LogP contribution is 2.27. The minimum absolute atomic E-state index is 0.712. The molecule has 2 atom stereocenters. The van der Waals surface area contributed by atoms with Crippen molar-refractivity contribution in [2.45, 2.75) is 90.9 Å². The Balaban J connectivity index is 2.55. The fourth-order valence-corrected chi connectivity index (χ4v) is 2.91. The molecule has 0 nitrogen and oxygen atoms in total. The Labute approximate surface area is 127 Å². The maximum Gasteiger partial charge on any atom is -0.0190 e. The van der Waals surface area contributed by atoms with Crippen molar-refractivity contribution < 1.29 is 0 Å². The molecule has 0 bridgehead atoms. The van der Waals surface area contributed by atoms with Crippen LogP contribution in [0.2, 0.25) is 0 Å². The predicted octanol–water partition coefficient (Wildman–Crippen LogP) is 7.05. The van der Waals surface area contributed by atoms with Crippen LogP contribution in [-0.2, 0) is 0 Å². The Morgan fingerprint density at radius 1 is 0.750 bits per heavy atom. The lowest BCUT2D eigenvalue weighted by molar-refractivity contribution is 0.588. The number of hydrogen-bond donors (Lipinski definition) is 0. The molecule has 0 aliphatic heterocycles. The van der Waals surface area contributed by atoms with Crippen LogP contribution in [0.5, 0.6) is 0 Å². The molecule has 114 valence electrons. The maximum absolute atomic E-state index is 2.47. The van der Waals surface area contributed by atoms with Crippen LogP contribution in [0.3, 0.4) is 0 Å². The highest BCUT2D eigenvalue weighted by atomic mass is 14.1. The predicted molar refractivity (Wildman–Crippen MR) is 91.6 cm³/mol. The van der Waals surface area contributed by atoms with E-state index in [-0.39, 0.29) is 0 Å². The second kappa shape index (κ2) is 10.0. The molecule has 0 N–H and O–H groups in total. The van der Waals surface area contributed by atoms with Crippen LogP contribution in [0.1, 0.15) is 102 Å². The monoisotopic (exact) mass is 274 g/mol. The van der Waals surface area contributed by atoms with E-state index in [0.717, 1.165) is 0 Å². The Morgan fingerprint density at radius 2 is 1.20 bits per heavy atom. The summed E-state index contributed by atoms with van der Waals surface area (Å²) in [6.45, 7) is 9.33. The van der Waals surface area contributed by atoms with Crippen molar-refractivity contribution in [3.63, 3.8) is 0 Å². The molecule has 0 aromatic heterocycles. The number of hydrogen-bond acceptors (Lipinski definition) is 0. The van der Waals surface area contributed by atoms with Gasteiger partial charge in [0.2, 0.25) is 0 Å². The largest absolute Gasteiger partial charge is 0.0654 e. The van der Waals surface area contributed by atoms with Crippen LogP contribution in [-0.4, -0.2) is 0 Å². The van der Waals surface area contributed by atoms with Gasteiger partial charge in [-0.15, -0.1) is 0 Å². The van der Waals surface area contributed by atoms with Crippen LogP contribution in [0.25, 0.3) is 0 Å². The van der Waals surface area contributed by atoms with Gasteiger partial charge < -0.3 is 0 Å². The fraction of sp³-hybridized carbons (Fsp3) is 0.700. The molecule has 1 aromatic carbocycles. The van der Waals surface area contributed by atoms with Gasteiger partial charge in [0.1, 0.15) is 0 Å². The Bertz CT molecular complexity index is 322. The summed E-state index contributed by atoms with van der Waals surface area (Å²) in [6.07, 6.45) is 10.8. The van der Waals surface area contributed by atoms with Crippen molar-refractivity contribution in [2.24, 2.45) is 0 Å². The Morgan fingerprint density at radius 3 is 1.60 bits per heavy atom. The number of unbranched alkanes of at least 4 members (excludes halogenated alkanes) is 4. The molecule has 2 unspecified atom stereocenters. The summed E-state index contributed by atoms with van der Waals surface area (Å²) in [7, 11) is 0. The fourth-order valence-electron chi connectivity index (χ4n) is 2.91. The SMILES string of the molecule is CCCCCC(C)c1cccc(C(C)CCCCC)c1. The van der Waals surface area contributed by atoms with E-state index in [9.17, 15) is 0 Å². The van der Waals surface area contributed by atoms with Crippen LogP contribution in [0, 0.1) is 0 Å². The van der Waals surface area contributed by atoms with Gasteiger partial charge in [-0.1, -0.05) is 90.5 Å². The molecule has 0 amide bonds. The third kappa shape index (κ3) is 6.11. The zero-order valence-corrected chi connectivity index (χ0v) is 14.1. The first-order valence-electron chi connectivity index (χ1n) is 8.78. The normalized spacial score (nSPS) is 14.2. The van der Waals surface area contributed by atoms with E-state index in [1.807, 2.05) is 0 Å². The average molecular weight is 274 g/mol. The summed E-state index contributed by atoms with van der Waals surface area (Å²) < 4.78 is 0. The highest BCUT2D eigenvalue weighted by Gasteiger charge is 2.09. The van der Waals surface area contributed by atoms with E-state index in [1.54, 1.807) is 11.1 Å². The summed E-state index contributed by atoms with van der Waals surface area (Å²) in [4.78, 5) is 0. The molecule has 0 spiro atoms. The summed E-state index contributed by atoms with van der Waals surface area (Å²) in [6, 6.07) is 9.36. The molecule has 0 saturated carbocycles. The lowest BCUT2D eigenvalue weighted by Crippen LogP contribution is -1.98. The quantitative estimate of drug-likeness (QED) is 0.401. The number of rotatable bonds is 10. The highest BCUT2D eigenvalue weighted by molar-refractivity contribution is 5.28. The number of benzene rings is 1. The molecule has 0 heteroatoms. The third-order valence-corrected chi connectivity index (χ3v) is 4.53.